The quantitative estimate of drug-likeness (QED) is 0.417. The van der Waals surface area contributed by atoms with Crippen LogP contribution in [0.15, 0.2) is 35.3 Å². The Morgan fingerprint density at radius 2 is 1.90 bits per heavy atom. The van der Waals surface area contributed by atoms with Crippen LogP contribution >= 0.6 is 0 Å². The Labute approximate surface area is 129 Å². The van der Waals surface area contributed by atoms with Crippen molar-refractivity contribution in [2.75, 3.05) is 26.8 Å². The molecule has 2 N–H and O–H groups in total. The van der Waals surface area contributed by atoms with Crippen LogP contribution in [0.5, 0.6) is 0 Å². The molecule has 4 nitrogen and oxygen atoms in total. The van der Waals surface area contributed by atoms with Crippen molar-refractivity contribution in [1.82, 2.24) is 10.6 Å². The molecule has 0 aliphatic carbocycles. The molecule has 1 unspecified atom stereocenters. The van der Waals surface area contributed by atoms with Crippen molar-refractivity contribution in [1.29, 1.82) is 0 Å². The zero-order valence-electron chi connectivity index (χ0n) is 13.6. The summed E-state index contributed by atoms with van der Waals surface area (Å²) >= 11 is 0. The van der Waals surface area contributed by atoms with E-state index in [0.29, 0.717) is 0 Å². The van der Waals surface area contributed by atoms with Crippen molar-refractivity contribution in [3.05, 3.63) is 35.9 Å². The lowest BCUT2D eigenvalue weighted by Crippen LogP contribution is -2.39. The maximum atomic E-state index is 5.54. The van der Waals surface area contributed by atoms with E-state index in [4.69, 9.17) is 4.74 Å². The Bertz CT molecular complexity index is 392. The molecule has 0 spiro atoms. The molecule has 4 heteroatoms. The van der Waals surface area contributed by atoms with Crippen molar-refractivity contribution in [3.63, 3.8) is 0 Å². The molecule has 0 fully saturated rings. The number of hydrogen-bond acceptors (Lipinski definition) is 2. The smallest absolute Gasteiger partial charge is 0.191 e. The topological polar surface area (TPSA) is 45.6 Å². The molecule has 0 amide bonds. The first-order chi connectivity index (χ1) is 10.3. The second-order valence-corrected chi connectivity index (χ2v) is 5.10. The third kappa shape index (κ3) is 7.71. The second kappa shape index (κ2) is 11.1. The van der Waals surface area contributed by atoms with Crippen molar-refractivity contribution < 1.29 is 4.74 Å². The Kier molecular flexibility index (Phi) is 9.29. The summed E-state index contributed by atoms with van der Waals surface area (Å²) in [6.45, 7) is 6.85. The van der Waals surface area contributed by atoms with E-state index in [2.05, 4.69) is 53.7 Å². The molecule has 0 heterocycles. The van der Waals surface area contributed by atoms with Gasteiger partial charge >= 0.3 is 0 Å². The molecule has 0 bridgehead atoms. The van der Waals surface area contributed by atoms with Gasteiger partial charge in [-0.3, -0.25) is 4.99 Å². The summed E-state index contributed by atoms with van der Waals surface area (Å²) in [6.07, 6.45) is 3.32. The molecular formula is C17H29N3O. The van der Waals surface area contributed by atoms with Gasteiger partial charge in [0.25, 0.3) is 0 Å². The number of aliphatic imine (C=N–C) groups is 1. The molecule has 0 saturated carbocycles. The summed E-state index contributed by atoms with van der Waals surface area (Å²) in [5.41, 5.74) is 1.25. The van der Waals surface area contributed by atoms with Gasteiger partial charge in [-0.25, -0.2) is 0 Å². The standard InChI is InChI=1S/C17H29N3O/c1-4-5-13-21-14-9-12-19-17(18-3)20-15(2)16-10-7-6-8-11-16/h6-8,10-11,15H,4-5,9,12-14H2,1-3H3,(H2,18,19,20). The molecule has 0 radical (unpaired) electrons. The summed E-state index contributed by atoms with van der Waals surface area (Å²) in [6, 6.07) is 10.6. The van der Waals surface area contributed by atoms with Crippen LogP contribution in [0.3, 0.4) is 0 Å². The lowest BCUT2D eigenvalue weighted by Gasteiger charge is -2.18. The maximum absolute atomic E-state index is 5.54. The fourth-order valence-corrected chi connectivity index (χ4v) is 1.95. The lowest BCUT2D eigenvalue weighted by atomic mass is 10.1. The third-order valence-electron chi connectivity index (χ3n) is 3.28. The average molecular weight is 291 g/mol. The summed E-state index contributed by atoms with van der Waals surface area (Å²) < 4.78 is 5.54. The summed E-state index contributed by atoms with van der Waals surface area (Å²) in [7, 11) is 1.80. The van der Waals surface area contributed by atoms with E-state index in [1.807, 2.05) is 6.07 Å². The second-order valence-electron chi connectivity index (χ2n) is 5.10. The number of benzene rings is 1. The zero-order valence-corrected chi connectivity index (χ0v) is 13.6. The van der Waals surface area contributed by atoms with E-state index in [9.17, 15) is 0 Å². The summed E-state index contributed by atoms with van der Waals surface area (Å²) in [5.74, 6) is 0.833. The van der Waals surface area contributed by atoms with Gasteiger partial charge in [0.1, 0.15) is 0 Å². The highest BCUT2D eigenvalue weighted by molar-refractivity contribution is 5.80. The van der Waals surface area contributed by atoms with Gasteiger partial charge in [-0.05, 0) is 25.3 Å². The van der Waals surface area contributed by atoms with E-state index in [1.165, 1.54) is 12.0 Å². The monoisotopic (exact) mass is 291 g/mol. The van der Waals surface area contributed by atoms with E-state index >= 15 is 0 Å². The summed E-state index contributed by atoms with van der Waals surface area (Å²) in [4.78, 5) is 4.25. The minimum atomic E-state index is 0.234. The van der Waals surface area contributed by atoms with Crippen molar-refractivity contribution in [2.45, 2.75) is 39.2 Å². The Balaban J connectivity index is 2.20. The van der Waals surface area contributed by atoms with Crippen LogP contribution in [-0.2, 0) is 4.74 Å². The van der Waals surface area contributed by atoms with E-state index in [0.717, 1.165) is 38.6 Å². The molecule has 21 heavy (non-hydrogen) atoms. The predicted molar refractivity (Wildman–Crippen MR) is 89.7 cm³/mol. The van der Waals surface area contributed by atoms with Gasteiger partial charge in [-0.15, -0.1) is 0 Å². The first kappa shape index (κ1) is 17.5. The van der Waals surface area contributed by atoms with Crippen LogP contribution in [0.25, 0.3) is 0 Å². The minimum Gasteiger partial charge on any atom is -0.381 e. The molecule has 118 valence electrons. The number of guanidine groups is 1. The Morgan fingerprint density at radius 3 is 2.57 bits per heavy atom. The normalized spacial score (nSPS) is 13.0. The van der Waals surface area contributed by atoms with Crippen LogP contribution in [-0.4, -0.2) is 32.8 Å². The molecule has 1 aromatic rings. The SMILES string of the molecule is CCCCOCCCNC(=NC)NC(C)c1ccccc1. The first-order valence-electron chi connectivity index (χ1n) is 7.87. The van der Waals surface area contributed by atoms with E-state index in [1.54, 1.807) is 7.05 Å². The maximum Gasteiger partial charge on any atom is 0.191 e. The summed E-state index contributed by atoms with van der Waals surface area (Å²) in [5, 5.41) is 6.71. The largest absolute Gasteiger partial charge is 0.381 e. The van der Waals surface area contributed by atoms with Crippen LogP contribution in [0, 0.1) is 0 Å². The number of unbranched alkanes of at least 4 members (excludes halogenated alkanes) is 1. The fraction of sp³-hybridized carbons (Fsp3) is 0.588. The average Bonchev–Trinajstić information content (AvgIpc) is 2.53. The van der Waals surface area contributed by atoms with Crippen molar-refractivity contribution >= 4 is 5.96 Å². The first-order valence-corrected chi connectivity index (χ1v) is 7.87. The number of ether oxygens (including phenoxy) is 1. The molecule has 1 aromatic carbocycles. The van der Waals surface area contributed by atoms with Gasteiger partial charge < -0.3 is 15.4 Å². The zero-order chi connectivity index (χ0) is 15.3. The molecule has 1 rings (SSSR count). The fourth-order valence-electron chi connectivity index (χ4n) is 1.95. The van der Waals surface area contributed by atoms with Crippen LogP contribution in [0.4, 0.5) is 0 Å². The highest BCUT2D eigenvalue weighted by Gasteiger charge is 2.06. The number of nitrogens with zero attached hydrogens (tertiary/aromatic N) is 1. The number of rotatable bonds is 9. The molecule has 0 aromatic heterocycles. The van der Waals surface area contributed by atoms with Gasteiger partial charge in [-0.1, -0.05) is 43.7 Å². The van der Waals surface area contributed by atoms with Crippen molar-refractivity contribution in [2.24, 2.45) is 4.99 Å². The highest BCUT2D eigenvalue weighted by Crippen LogP contribution is 2.10. The lowest BCUT2D eigenvalue weighted by molar-refractivity contribution is 0.129. The van der Waals surface area contributed by atoms with Gasteiger partial charge in [0.05, 0.1) is 6.04 Å². The van der Waals surface area contributed by atoms with Gasteiger partial charge in [0, 0.05) is 26.8 Å². The van der Waals surface area contributed by atoms with Crippen LogP contribution in [0.2, 0.25) is 0 Å². The molecule has 1 atom stereocenters. The van der Waals surface area contributed by atoms with Gasteiger partial charge in [0.2, 0.25) is 0 Å². The molecule has 0 saturated heterocycles. The molecule has 0 aliphatic heterocycles. The highest BCUT2D eigenvalue weighted by atomic mass is 16.5. The van der Waals surface area contributed by atoms with Crippen molar-refractivity contribution in [3.8, 4) is 0 Å². The predicted octanol–water partition coefficient (Wildman–Crippen LogP) is 3.12. The van der Waals surface area contributed by atoms with Crippen LogP contribution < -0.4 is 10.6 Å². The number of hydrogen-bond donors (Lipinski definition) is 2. The Morgan fingerprint density at radius 1 is 1.19 bits per heavy atom. The minimum absolute atomic E-state index is 0.234. The van der Waals surface area contributed by atoms with Gasteiger partial charge in [0.15, 0.2) is 5.96 Å². The number of nitrogens with one attached hydrogen (secondary N) is 2. The molecule has 0 aliphatic rings. The Hall–Kier alpha value is -1.55. The van der Waals surface area contributed by atoms with Gasteiger partial charge in [-0.2, -0.15) is 0 Å². The van der Waals surface area contributed by atoms with Crippen LogP contribution in [0.1, 0.15) is 44.7 Å². The van der Waals surface area contributed by atoms with E-state index < -0.39 is 0 Å². The molecular weight excluding hydrogens is 262 g/mol. The van der Waals surface area contributed by atoms with E-state index in [-0.39, 0.29) is 6.04 Å². The third-order valence-corrected chi connectivity index (χ3v) is 3.28.